The summed E-state index contributed by atoms with van der Waals surface area (Å²) in [6.07, 6.45) is 0. The van der Waals surface area contributed by atoms with Gasteiger partial charge < -0.3 is 24.6 Å². The molecule has 1 aliphatic rings. The first kappa shape index (κ1) is 19.7. The fraction of sp³-hybridized carbons (Fsp3) is 0.316. The molecule has 0 radical (unpaired) electrons. The van der Waals surface area contributed by atoms with Gasteiger partial charge in [-0.3, -0.25) is 0 Å². The van der Waals surface area contributed by atoms with E-state index in [1.807, 2.05) is 18.2 Å². The Hall–Kier alpha value is -2.06. The van der Waals surface area contributed by atoms with Gasteiger partial charge in [-0.25, -0.2) is 4.39 Å². The molecule has 0 unspecified atom stereocenters. The molecule has 144 valence electrons. The van der Waals surface area contributed by atoms with Gasteiger partial charge in [-0.1, -0.05) is 0 Å². The van der Waals surface area contributed by atoms with Gasteiger partial charge in [-0.15, -0.1) is 0 Å². The second kappa shape index (κ2) is 8.75. The third-order valence-electron chi connectivity index (χ3n) is 4.47. The van der Waals surface area contributed by atoms with Crippen molar-refractivity contribution in [3.8, 4) is 11.5 Å². The highest BCUT2D eigenvalue weighted by Gasteiger charge is 2.22. The highest BCUT2D eigenvalue weighted by molar-refractivity contribution is 9.10. The number of anilines is 2. The second-order valence-electron chi connectivity index (χ2n) is 6.07. The summed E-state index contributed by atoms with van der Waals surface area (Å²) in [4.78, 5) is 4.38. The van der Waals surface area contributed by atoms with Crippen LogP contribution in [0.1, 0.15) is 0 Å². The summed E-state index contributed by atoms with van der Waals surface area (Å²) in [5.41, 5.74) is 1.79. The first-order valence-electron chi connectivity index (χ1n) is 8.50. The van der Waals surface area contributed by atoms with Crippen LogP contribution in [0.25, 0.3) is 0 Å². The summed E-state index contributed by atoms with van der Waals surface area (Å²) in [7, 11) is 3.30. The zero-order chi connectivity index (χ0) is 19.4. The zero-order valence-electron chi connectivity index (χ0n) is 15.2. The van der Waals surface area contributed by atoms with Crippen LogP contribution in [0.2, 0.25) is 0 Å². The van der Waals surface area contributed by atoms with Crippen LogP contribution in [-0.2, 0) is 0 Å². The van der Waals surface area contributed by atoms with Gasteiger partial charge in [0.05, 0.1) is 25.6 Å². The van der Waals surface area contributed by atoms with E-state index in [1.165, 1.54) is 12.1 Å². The van der Waals surface area contributed by atoms with Crippen LogP contribution in [0.15, 0.2) is 40.9 Å². The maximum absolute atomic E-state index is 13.2. The van der Waals surface area contributed by atoms with E-state index < -0.39 is 0 Å². The molecule has 0 amide bonds. The number of halogens is 2. The van der Waals surface area contributed by atoms with Crippen molar-refractivity contribution in [3.63, 3.8) is 0 Å². The Labute approximate surface area is 172 Å². The smallest absolute Gasteiger partial charge is 0.173 e. The summed E-state index contributed by atoms with van der Waals surface area (Å²) < 4.78 is 24.6. The number of rotatable bonds is 4. The van der Waals surface area contributed by atoms with Crippen molar-refractivity contribution in [1.82, 2.24) is 4.90 Å². The van der Waals surface area contributed by atoms with Gasteiger partial charge in [0.15, 0.2) is 5.11 Å². The summed E-state index contributed by atoms with van der Waals surface area (Å²) in [5.74, 6) is 1.27. The van der Waals surface area contributed by atoms with E-state index >= 15 is 0 Å². The SMILES string of the molecule is COc1ccc(N2CCN(C(=S)Nc3ccc(F)cc3Br)CC2)c(OC)c1. The van der Waals surface area contributed by atoms with Gasteiger partial charge in [0.1, 0.15) is 17.3 Å². The van der Waals surface area contributed by atoms with Crippen LogP contribution in [0.4, 0.5) is 15.8 Å². The van der Waals surface area contributed by atoms with Crippen LogP contribution in [-0.4, -0.2) is 50.4 Å². The van der Waals surface area contributed by atoms with Crippen molar-refractivity contribution >= 4 is 44.6 Å². The molecular weight excluding hydrogens is 433 g/mol. The molecule has 8 heteroatoms. The van der Waals surface area contributed by atoms with E-state index in [-0.39, 0.29) is 5.82 Å². The van der Waals surface area contributed by atoms with E-state index in [9.17, 15) is 4.39 Å². The van der Waals surface area contributed by atoms with Gasteiger partial charge >= 0.3 is 0 Å². The number of methoxy groups -OCH3 is 2. The van der Waals surface area contributed by atoms with Gasteiger partial charge in [0.2, 0.25) is 0 Å². The molecule has 2 aromatic rings. The largest absolute Gasteiger partial charge is 0.497 e. The van der Waals surface area contributed by atoms with E-state index in [1.54, 1.807) is 20.3 Å². The molecule has 0 aliphatic carbocycles. The zero-order valence-corrected chi connectivity index (χ0v) is 17.6. The Kier molecular flexibility index (Phi) is 6.38. The van der Waals surface area contributed by atoms with Crippen LogP contribution < -0.4 is 19.7 Å². The Morgan fingerprint density at radius 1 is 1.07 bits per heavy atom. The highest BCUT2D eigenvalue weighted by atomic mass is 79.9. The molecule has 1 fully saturated rings. The Morgan fingerprint density at radius 2 is 1.81 bits per heavy atom. The molecule has 1 N–H and O–H groups in total. The Balaban J connectivity index is 1.62. The molecule has 0 atom stereocenters. The van der Waals surface area contributed by atoms with Crippen molar-refractivity contribution in [3.05, 3.63) is 46.7 Å². The van der Waals surface area contributed by atoms with Crippen molar-refractivity contribution in [2.75, 3.05) is 50.6 Å². The monoisotopic (exact) mass is 453 g/mol. The fourth-order valence-electron chi connectivity index (χ4n) is 2.98. The number of nitrogens with one attached hydrogen (secondary N) is 1. The third-order valence-corrected chi connectivity index (χ3v) is 5.48. The minimum Gasteiger partial charge on any atom is -0.497 e. The summed E-state index contributed by atoms with van der Waals surface area (Å²) >= 11 is 8.88. The molecule has 1 aliphatic heterocycles. The predicted octanol–water partition coefficient (Wildman–Crippen LogP) is 4.12. The first-order chi connectivity index (χ1) is 13.0. The predicted molar refractivity (Wildman–Crippen MR) is 114 cm³/mol. The number of ether oxygens (including phenoxy) is 2. The number of hydrogen-bond donors (Lipinski definition) is 1. The van der Waals surface area contributed by atoms with Crippen LogP contribution in [0, 0.1) is 5.82 Å². The van der Waals surface area contributed by atoms with Crippen LogP contribution >= 0.6 is 28.1 Å². The summed E-state index contributed by atoms with van der Waals surface area (Å²) in [5, 5.41) is 3.81. The fourth-order valence-corrected chi connectivity index (χ4v) is 3.72. The Morgan fingerprint density at radius 3 is 2.44 bits per heavy atom. The lowest BCUT2D eigenvalue weighted by molar-refractivity contribution is 0.377. The van der Waals surface area contributed by atoms with Crippen molar-refractivity contribution < 1.29 is 13.9 Å². The molecule has 5 nitrogen and oxygen atoms in total. The van der Waals surface area contributed by atoms with E-state index in [0.29, 0.717) is 9.59 Å². The molecule has 3 rings (SSSR count). The molecule has 0 saturated carbocycles. The van der Waals surface area contributed by atoms with Gasteiger partial charge in [-0.05, 0) is 58.5 Å². The minimum atomic E-state index is -0.291. The number of benzene rings is 2. The van der Waals surface area contributed by atoms with Gasteiger partial charge in [0, 0.05) is 36.7 Å². The Bertz CT molecular complexity index is 829. The van der Waals surface area contributed by atoms with E-state index in [2.05, 4.69) is 31.0 Å². The third kappa shape index (κ3) is 4.62. The van der Waals surface area contributed by atoms with Crippen molar-refractivity contribution in [1.29, 1.82) is 0 Å². The lowest BCUT2D eigenvalue weighted by Crippen LogP contribution is -2.50. The maximum Gasteiger partial charge on any atom is 0.173 e. The average Bonchev–Trinajstić information content (AvgIpc) is 2.69. The number of piperazine rings is 1. The minimum absolute atomic E-state index is 0.291. The molecular formula is C19H21BrFN3O2S. The highest BCUT2D eigenvalue weighted by Crippen LogP contribution is 2.33. The van der Waals surface area contributed by atoms with E-state index in [4.69, 9.17) is 21.7 Å². The lowest BCUT2D eigenvalue weighted by atomic mass is 10.2. The maximum atomic E-state index is 13.2. The molecule has 1 saturated heterocycles. The second-order valence-corrected chi connectivity index (χ2v) is 7.31. The molecule has 0 bridgehead atoms. The van der Waals surface area contributed by atoms with Crippen molar-refractivity contribution in [2.45, 2.75) is 0 Å². The standard InChI is InChI=1S/C19H21BrFN3O2S/c1-25-14-4-6-17(18(12-14)26-2)23-7-9-24(10-8-23)19(27)22-16-5-3-13(21)11-15(16)20/h3-6,11-12H,7-10H2,1-2H3,(H,22,27). The van der Waals surface area contributed by atoms with Gasteiger partial charge in [0.25, 0.3) is 0 Å². The van der Waals surface area contributed by atoms with Crippen molar-refractivity contribution in [2.24, 2.45) is 0 Å². The molecule has 2 aromatic carbocycles. The van der Waals surface area contributed by atoms with Gasteiger partial charge in [-0.2, -0.15) is 0 Å². The molecule has 1 heterocycles. The molecule has 0 aromatic heterocycles. The molecule has 27 heavy (non-hydrogen) atoms. The van der Waals surface area contributed by atoms with E-state index in [0.717, 1.165) is 49.1 Å². The topological polar surface area (TPSA) is 37.0 Å². The lowest BCUT2D eigenvalue weighted by Gasteiger charge is -2.38. The summed E-state index contributed by atoms with van der Waals surface area (Å²) in [6, 6.07) is 10.3. The van der Waals surface area contributed by atoms with Crippen LogP contribution in [0.3, 0.4) is 0 Å². The first-order valence-corrected chi connectivity index (χ1v) is 9.70. The van der Waals surface area contributed by atoms with Crippen LogP contribution in [0.5, 0.6) is 11.5 Å². The normalized spacial score (nSPS) is 14.1. The summed E-state index contributed by atoms with van der Waals surface area (Å²) in [6.45, 7) is 3.18. The number of thiocarbonyl (C=S) groups is 1. The molecule has 0 spiro atoms. The quantitative estimate of drug-likeness (QED) is 0.701. The number of nitrogens with zero attached hydrogens (tertiary/aromatic N) is 2. The number of hydrogen-bond acceptors (Lipinski definition) is 4. The average molecular weight is 454 g/mol.